The van der Waals surface area contributed by atoms with Gasteiger partial charge in [-0.3, -0.25) is 0 Å². The summed E-state index contributed by atoms with van der Waals surface area (Å²) in [5.41, 5.74) is 1.45. The molecular weight excluding hydrogens is 262 g/mol. The lowest BCUT2D eigenvalue weighted by molar-refractivity contribution is 1.19. The maximum absolute atomic E-state index is 8.68. The van der Waals surface area contributed by atoms with Crippen LogP contribution in [0, 0.1) is 11.3 Å². The highest BCUT2D eigenvalue weighted by atomic mass is 32.2. The molecule has 5 heteroatoms. The molecule has 0 spiro atoms. The van der Waals surface area contributed by atoms with E-state index in [0.717, 1.165) is 14.8 Å². The van der Waals surface area contributed by atoms with E-state index >= 15 is 0 Å². The first kappa shape index (κ1) is 11.2. The zero-order valence-electron chi connectivity index (χ0n) is 9.20. The van der Waals surface area contributed by atoms with Crippen LogP contribution in [-0.2, 0) is 0 Å². The minimum atomic E-state index is 0.434. The fourth-order valence-corrected chi connectivity index (χ4v) is 3.51. The van der Waals surface area contributed by atoms with Gasteiger partial charge in [-0.25, -0.2) is 9.97 Å². The molecule has 0 N–H and O–H groups in total. The first-order chi connectivity index (χ1) is 8.85. The van der Waals surface area contributed by atoms with Crippen molar-refractivity contribution in [2.75, 3.05) is 0 Å². The minimum absolute atomic E-state index is 0.434. The summed E-state index contributed by atoms with van der Waals surface area (Å²) in [5, 5.41) is 8.68. The van der Waals surface area contributed by atoms with E-state index < -0.39 is 0 Å². The molecule has 0 amide bonds. The Kier molecular flexibility index (Phi) is 2.97. The lowest BCUT2D eigenvalue weighted by atomic mass is 10.3. The molecule has 0 aliphatic heterocycles. The zero-order valence-corrected chi connectivity index (χ0v) is 10.8. The van der Waals surface area contributed by atoms with E-state index in [-0.39, 0.29) is 0 Å². The summed E-state index contributed by atoms with van der Waals surface area (Å²) in [6.07, 6.45) is 1.70. The molecule has 86 valence electrons. The van der Waals surface area contributed by atoms with Gasteiger partial charge in [-0.05, 0) is 24.3 Å². The van der Waals surface area contributed by atoms with Gasteiger partial charge in [-0.2, -0.15) is 5.26 Å². The second kappa shape index (κ2) is 4.77. The van der Waals surface area contributed by atoms with Gasteiger partial charge in [0.15, 0.2) is 4.34 Å². The fourth-order valence-electron chi connectivity index (χ4n) is 1.50. The van der Waals surface area contributed by atoms with Crippen molar-refractivity contribution in [3.63, 3.8) is 0 Å². The third-order valence-electron chi connectivity index (χ3n) is 2.33. The molecule has 0 fully saturated rings. The number of hydrogen-bond donors (Lipinski definition) is 0. The van der Waals surface area contributed by atoms with Crippen LogP contribution < -0.4 is 0 Å². The average molecular weight is 269 g/mol. The van der Waals surface area contributed by atoms with Crippen molar-refractivity contribution in [1.82, 2.24) is 9.97 Å². The summed E-state index contributed by atoms with van der Waals surface area (Å²) in [4.78, 5) is 9.58. The third kappa shape index (κ3) is 2.21. The average Bonchev–Trinajstić information content (AvgIpc) is 2.82. The van der Waals surface area contributed by atoms with Crippen LogP contribution in [0.25, 0.3) is 10.2 Å². The summed E-state index contributed by atoms with van der Waals surface area (Å²) < 4.78 is 2.17. The van der Waals surface area contributed by atoms with Crippen LogP contribution in [0.3, 0.4) is 0 Å². The van der Waals surface area contributed by atoms with E-state index in [1.807, 2.05) is 30.3 Å². The molecular formula is C13H7N3S2. The Morgan fingerprint density at radius 3 is 2.78 bits per heavy atom. The highest BCUT2D eigenvalue weighted by Gasteiger charge is 2.05. The Hall–Kier alpha value is -1.90. The molecule has 3 aromatic rings. The van der Waals surface area contributed by atoms with Gasteiger partial charge in [-0.1, -0.05) is 23.9 Å². The Morgan fingerprint density at radius 1 is 1.17 bits per heavy atom. The fraction of sp³-hybridized carbons (Fsp3) is 0. The predicted octanol–water partition coefficient (Wildman–Crippen LogP) is 3.71. The second-order valence-electron chi connectivity index (χ2n) is 3.54. The molecule has 3 nitrogen and oxygen atoms in total. The molecule has 0 bridgehead atoms. The van der Waals surface area contributed by atoms with Crippen LogP contribution >= 0.6 is 23.1 Å². The molecule has 0 aliphatic carbocycles. The van der Waals surface area contributed by atoms with E-state index in [0.29, 0.717) is 5.69 Å². The quantitative estimate of drug-likeness (QED) is 0.711. The van der Waals surface area contributed by atoms with Crippen molar-refractivity contribution in [1.29, 1.82) is 5.26 Å². The van der Waals surface area contributed by atoms with Crippen LogP contribution in [0.1, 0.15) is 5.69 Å². The van der Waals surface area contributed by atoms with Gasteiger partial charge in [0.05, 0.1) is 10.2 Å². The summed E-state index contributed by atoms with van der Waals surface area (Å²) in [7, 11) is 0. The van der Waals surface area contributed by atoms with Crippen LogP contribution in [0.5, 0.6) is 0 Å². The highest BCUT2D eigenvalue weighted by Crippen LogP contribution is 2.33. The molecule has 2 aromatic heterocycles. The molecule has 0 unspecified atom stereocenters. The topological polar surface area (TPSA) is 49.6 Å². The summed E-state index contributed by atoms with van der Waals surface area (Å²) in [6.45, 7) is 0. The van der Waals surface area contributed by atoms with Gasteiger partial charge in [-0.15, -0.1) is 11.3 Å². The van der Waals surface area contributed by atoms with E-state index in [1.165, 1.54) is 4.70 Å². The molecule has 0 aliphatic rings. The van der Waals surface area contributed by atoms with E-state index in [1.54, 1.807) is 35.4 Å². The maximum atomic E-state index is 8.68. The molecule has 0 radical (unpaired) electrons. The summed E-state index contributed by atoms with van der Waals surface area (Å²) in [6, 6.07) is 13.7. The minimum Gasteiger partial charge on any atom is -0.244 e. The number of benzene rings is 1. The van der Waals surface area contributed by atoms with Crippen LogP contribution in [0.2, 0.25) is 0 Å². The van der Waals surface area contributed by atoms with E-state index in [2.05, 4.69) is 16.0 Å². The monoisotopic (exact) mass is 269 g/mol. The molecule has 18 heavy (non-hydrogen) atoms. The lowest BCUT2D eigenvalue weighted by Gasteiger charge is -1.95. The lowest BCUT2D eigenvalue weighted by Crippen LogP contribution is -1.81. The van der Waals surface area contributed by atoms with Crippen LogP contribution in [0.4, 0.5) is 0 Å². The Morgan fingerprint density at radius 2 is 2.06 bits per heavy atom. The third-order valence-corrected chi connectivity index (χ3v) is 4.40. The number of pyridine rings is 1. The van der Waals surface area contributed by atoms with Gasteiger partial charge < -0.3 is 0 Å². The van der Waals surface area contributed by atoms with Gasteiger partial charge >= 0.3 is 0 Å². The smallest absolute Gasteiger partial charge is 0.155 e. The summed E-state index contributed by atoms with van der Waals surface area (Å²) in [5.74, 6) is 0. The van der Waals surface area contributed by atoms with Gasteiger partial charge in [0.1, 0.15) is 11.8 Å². The number of hydrogen-bond acceptors (Lipinski definition) is 5. The van der Waals surface area contributed by atoms with Crippen molar-refractivity contribution in [2.45, 2.75) is 9.24 Å². The largest absolute Gasteiger partial charge is 0.244 e. The Balaban J connectivity index is 1.89. The molecule has 1 aromatic carbocycles. The molecule has 0 atom stereocenters. The van der Waals surface area contributed by atoms with Crippen molar-refractivity contribution < 1.29 is 0 Å². The molecule has 0 saturated carbocycles. The Bertz CT molecular complexity index is 693. The highest BCUT2D eigenvalue weighted by molar-refractivity contribution is 8.01. The number of fused-ring (bicyclic) bond motifs is 1. The molecule has 0 saturated heterocycles. The summed E-state index contributed by atoms with van der Waals surface area (Å²) >= 11 is 3.23. The van der Waals surface area contributed by atoms with Crippen molar-refractivity contribution in [2.24, 2.45) is 0 Å². The van der Waals surface area contributed by atoms with Crippen molar-refractivity contribution in [3.8, 4) is 6.07 Å². The van der Waals surface area contributed by atoms with E-state index in [4.69, 9.17) is 5.26 Å². The number of thiazole rings is 1. The first-order valence-corrected chi connectivity index (χ1v) is 6.88. The van der Waals surface area contributed by atoms with Crippen LogP contribution in [0.15, 0.2) is 51.8 Å². The number of para-hydroxylation sites is 1. The normalized spacial score (nSPS) is 10.4. The second-order valence-corrected chi connectivity index (χ2v) is 5.89. The number of nitriles is 1. The Labute approximate surface area is 112 Å². The van der Waals surface area contributed by atoms with E-state index in [9.17, 15) is 0 Å². The predicted molar refractivity (Wildman–Crippen MR) is 72.7 cm³/mol. The van der Waals surface area contributed by atoms with Gasteiger partial charge in [0, 0.05) is 11.1 Å². The first-order valence-electron chi connectivity index (χ1n) is 5.25. The van der Waals surface area contributed by atoms with Crippen molar-refractivity contribution >= 4 is 33.3 Å². The van der Waals surface area contributed by atoms with Gasteiger partial charge in [0.25, 0.3) is 0 Å². The van der Waals surface area contributed by atoms with Crippen molar-refractivity contribution in [3.05, 3.63) is 48.3 Å². The SMILES string of the molecule is N#Cc1ccc(Sc2nc3ccccc3s2)cn1. The number of rotatable bonds is 2. The molecule has 2 heterocycles. The van der Waals surface area contributed by atoms with Gasteiger partial charge in [0.2, 0.25) is 0 Å². The molecule has 3 rings (SSSR count). The zero-order chi connectivity index (χ0) is 12.4. The maximum Gasteiger partial charge on any atom is 0.155 e. The number of aromatic nitrogens is 2. The number of nitrogens with zero attached hydrogens (tertiary/aromatic N) is 3. The standard InChI is InChI=1S/C13H7N3S2/c14-7-9-5-6-10(8-15-9)17-13-16-11-3-1-2-4-12(11)18-13/h1-6,8H. The van der Waals surface area contributed by atoms with Crippen LogP contribution in [-0.4, -0.2) is 9.97 Å².